The lowest BCUT2D eigenvalue weighted by Gasteiger charge is -2.30. The lowest BCUT2D eigenvalue weighted by atomic mass is 9.83. The molecule has 0 aliphatic carbocycles. The van der Waals surface area contributed by atoms with Gasteiger partial charge in [0.2, 0.25) is 0 Å². The maximum Gasteiger partial charge on any atom is 0.0469 e. The highest BCUT2D eigenvalue weighted by Crippen LogP contribution is 2.32. The summed E-state index contributed by atoms with van der Waals surface area (Å²) in [5.74, 6) is 2.70. The molecule has 2 aliphatic heterocycles. The number of halogens is 1. The van der Waals surface area contributed by atoms with Gasteiger partial charge < -0.3 is 9.47 Å². The van der Waals surface area contributed by atoms with E-state index in [1.54, 1.807) is 0 Å². The molecule has 106 valence electrons. The Morgan fingerprint density at radius 2 is 1.39 bits per heavy atom. The molecule has 0 bridgehead atoms. The molecule has 2 heterocycles. The molecule has 0 amide bonds. The third kappa shape index (κ3) is 4.64. The minimum absolute atomic E-state index is 0.855. The van der Waals surface area contributed by atoms with Crippen LogP contribution in [0.3, 0.4) is 0 Å². The van der Waals surface area contributed by atoms with Crippen molar-refractivity contribution in [3.05, 3.63) is 0 Å². The summed E-state index contributed by atoms with van der Waals surface area (Å²) in [6.07, 6.45) is 7.91. The molecule has 0 aromatic rings. The summed E-state index contributed by atoms with van der Waals surface area (Å²) >= 11 is 2.68. The molecule has 0 spiro atoms. The minimum atomic E-state index is 0.855. The maximum absolute atomic E-state index is 5.46. The first kappa shape index (κ1) is 15.0. The molecule has 2 aliphatic rings. The van der Waals surface area contributed by atoms with E-state index < -0.39 is 0 Å². The molecule has 0 aromatic heterocycles. The lowest BCUT2D eigenvalue weighted by molar-refractivity contribution is 0.0462. The van der Waals surface area contributed by atoms with E-state index >= 15 is 0 Å². The van der Waals surface area contributed by atoms with E-state index in [1.165, 1.54) is 38.5 Å². The van der Waals surface area contributed by atoms with Crippen molar-refractivity contribution in [2.24, 2.45) is 17.8 Å². The Balaban J connectivity index is 1.66. The van der Waals surface area contributed by atoms with Gasteiger partial charge in [-0.25, -0.2) is 0 Å². The zero-order valence-electron chi connectivity index (χ0n) is 11.6. The summed E-state index contributed by atoms with van der Waals surface area (Å²) < 4.78 is 11.8. The second kappa shape index (κ2) is 8.05. The highest BCUT2D eigenvalue weighted by Gasteiger charge is 2.24. The predicted molar refractivity (Wildman–Crippen MR) is 83.3 cm³/mol. The number of rotatable bonds is 5. The fraction of sp³-hybridized carbons (Fsp3) is 1.00. The van der Waals surface area contributed by atoms with Gasteiger partial charge in [0.15, 0.2) is 0 Å². The van der Waals surface area contributed by atoms with E-state index in [1.807, 2.05) is 0 Å². The standard InChI is InChI=1S/C15H27IO2/c1-12(13-4-8-17-9-5-13)2-3-15(16)14-6-10-18-11-7-14/h12-15H,2-11H2,1H3. The van der Waals surface area contributed by atoms with Gasteiger partial charge in [-0.05, 0) is 56.3 Å². The first-order valence-electron chi connectivity index (χ1n) is 7.57. The Morgan fingerprint density at radius 3 is 1.94 bits per heavy atom. The van der Waals surface area contributed by atoms with Gasteiger partial charge >= 0.3 is 0 Å². The monoisotopic (exact) mass is 366 g/mol. The van der Waals surface area contributed by atoms with Crippen LogP contribution < -0.4 is 0 Å². The topological polar surface area (TPSA) is 18.5 Å². The fourth-order valence-corrected chi connectivity index (χ4v) is 4.33. The van der Waals surface area contributed by atoms with Crippen molar-refractivity contribution in [2.45, 2.75) is 49.4 Å². The average Bonchev–Trinajstić information content (AvgIpc) is 2.46. The summed E-state index contributed by atoms with van der Waals surface area (Å²) in [6, 6.07) is 0. The van der Waals surface area contributed by atoms with Crippen LogP contribution in [0.2, 0.25) is 0 Å². The van der Waals surface area contributed by atoms with Gasteiger partial charge in [-0.3, -0.25) is 0 Å². The van der Waals surface area contributed by atoms with Crippen molar-refractivity contribution in [3.63, 3.8) is 0 Å². The molecule has 2 nitrogen and oxygen atoms in total. The van der Waals surface area contributed by atoms with Crippen LogP contribution in [0, 0.1) is 17.8 Å². The molecule has 0 aromatic carbocycles. The van der Waals surface area contributed by atoms with E-state index in [4.69, 9.17) is 9.47 Å². The molecular formula is C15H27IO2. The number of ether oxygens (including phenoxy) is 2. The quantitative estimate of drug-likeness (QED) is 0.540. The van der Waals surface area contributed by atoms with Gasteiger partial charge in [0.05, 0.1) is 0 Å². The molecule has 2 fully saturated rings. The van der Waals surface area contributed by atoms with Crippen LogP contribution in [0.1, 0.15) is 45.4 Å². The van der Waals surface area contributed by atoms with Crippen molar-refractivity contribution < 1.29 is 9.47 Å². The van der Waals surface area contributed by atoms with Gasteiger partial charge in [-0.15, -0.1) is 0 Å². The largest absolute Gasteiger partial charge is 0.381 e. The normalized spacial score (nSPS) is 27.0. The Labute approximate surface area is 125 Å². The van der Waals surface area contributed by atoms with Crippen molar-refractivity contribution in [1.29, 1.82) is 0 Å². The van der Waals surface area contributed by atoms with Gasteiger partial charge in [0, 0.05) is 30.4 Å². The second-order valence-corrected chi connectivity index (χ2v) is 7.57. The fourth-order valence-electron chi connectivity index (χ4n) is 3.26. The van der Waals surface area contributed by atoms with Gasteiger partial charge in [-0.2, -0.15) is 0 Å². The summed E-state index contributed by atoms with van der Waals surface area (Å²) in [5, 5.41) is 0. The molecule has 0 saturated carbocycles. The molecule has 2 rings (SSSR count). The average molecular weight is 366 g/mol. The van der Waals surface area contributed by atoms with Crippen molar-refractivity contribution in [3.8, 4) is 0 Å². The number of alkyl halides is 1. The van der Waals surface area contributed by atoms with Gasteiger partial charge in [-0.1, -0.05) is 29.5 Å². The van der Waals surface area contributed by atoms with Crippen molar-refractivity contribution in [2.75, 3.05) is 26.4 Å². The maximum atomic E-state index is 5.46. The van der Waals surface area contributed by atoms with Crippen LogP contribution >= 0.6 is 22.6 Å². The summed E-state index contributed by atoms with van der Waals surface area (Å²) in [6.45, 7) is 6.40. The molecule has 0 radical (unpaired) electrons. The highest BCUT2D eigenvalue weighted by atomic mass is 127. The van der Waals surface area contributed by atoms with Crippen LogP contribution in [0.15, 0.2) is 0 Å². The lowest BCUT2D eigenvalue weighted by Crippen LogP contribution is -2.25. The third-order valence-corrected chi connectivity index (χ3v) is 6.39. The Bertz CT molecular complexity index is 199. The first-order chi connectivity index (χ1) is 8.77. The smallest absolute Gasteiger partial charge is 0.0469 e. The van der Waals surface area contributed by atoms with Crippen LogP contribution in [0.4, 0.5) is 0 Å². The van der Waals surface area contributed by atoms with Crippen molar-refractivity contribution >= 4 is 22.6 Å². The zero-order valence-corrected chi connectivity index (χ0v) is 13.7. The molecule has 18 heavy (non-hydrogen) atoms. The minimum Gasteiger partial charge on any atom is -0.381 e. The van der Waals surface area contributed by atoms with Gasteiger partial charge in [0.1, 0.15) is 0 Å². The van der Waals surface area contributed by atoms with Crippen LogP contribution in [-0.2, 0) is 9.47 Å². The molecule has 3 heteroatoms. The third-order valence-electron chi connectivity index (χ3n) is 4.75. The highest BCUT2D eigenvalue weighted by molar-refractivity contribution is 14.1. The summed E-state index contributed by atoms with van der Waals surface area (Å²) in [4.78, 5) is 0. The number of hydrogen-bond donors (Lipinski definition) is 0. The van der Waals surface area contributed by atoms with E-state index in [-0.39, 0.29) is 0 Å². The van der Waals surface area contributed by atoms with E-state index in [0.29, 0.717) is 0 Å². The molecule has 2 atom stereocenters. The zero-order chi connectivity index (χ0) is 12.8. The molecule has 2 saturated heterocycles. The van der Waals surface area contributed by atoms with Crippen LogP contribution in [-0.4, -0.2) is 30.4 Å². The second-order valence-electron chi connectivity index (χ2n) is 5.97. The molecular weight excluding hydrogens is 339 g/mol. The number of hydrogen-bond acceptors (Lipinski definition) is 2. The van der Waals surface area contributed by atoms with Crippen LogP contribution in [0.5, 0.6) is 0 Å². The SMILES string of the molecule is CC(CCC(I)C1CCOCC1)C1CCOCC1. The Kier molecular flexibility index (Phi) is 6.73. The Hall–Kier alpha value is 0.650. The van der Waals surface area contributed by atoms with Crippen LogP contribution in [0.25, 0.3) is 0 Å². The van der Waals surface area contributed by atoms with Crippen molar-refractivity contribution in [1.82, 2.24) is 0 Å². The summed E-state index contributed by atoms with van der Waals surface area (Å²) in [7, 11) is 0. The molecule has 2 unspecified atom stereocenters. The van der Waals surface area contributed by atoms with Gasteiger partial charge in [0.25, 0.3) is 0 Å². The summed E-state index contributed by atoms with van der Waals surface area (Å²) in [5.41, 5.74) is 0. The molecule has 0 N–H and O–H groups in total. The van der Waals surface area contributed by atoms with E-state index in [0.717, 1.165) is 48.1 Å². The first-order valence-corrected chi connectivity index (χ1v) is 8.81. The Morgan fingerprint density at radius 1 is 0.889 bits per heavy atom. The van der Waals surface area contributed by atoms with E-state index in [9.17, 15) is 0 Å². The van der Waals surface area contributed by atoms with E-state index in [2.05, 4.69) is 29.5 Å². The predicted octanol–water partition coefficient (Wildman–Crippen LogP) is 4.06.